The van der Waals surface area contributed by atoms with E-state index in [0.717, 1.165) is 12.1 Å². The number of phenolic OH excluding ortho intramolecular Hbond substituents is 3. The average molecular weight is 564 g/mol. The lowest BCUT2D eigenvalue weighted by Gasteiger charge is -2.44. The second-order valence-corrected chi connectivity index (χ2v) is 9.63. The van der Waals surface area contributed by atoms with Crippen LogP contribution in [0.25, 0.3) is 22.3 Å². The van der Waals surface area contributed by atoms with Crippen molar-refractivity contribution in [2.45, 2.75) is 62.2 Å². The zero-order valence-electron chi connectivity index (χ0n) is 20.9. The van der Waals surface area contributed by atoms with Gasteiger partial charge in [0.15, 0.2) is 18.2 Å². The van der Waals surface area contributed by atoms with Crippen LogP contribution in [0.5, 0.6) is 23.0 Å². The Morgan fingerprint density at radius 3 is 2.25 bits per heavy atom. The van der Waals surface area contributed by atoms with Crippen LogP contribution in [0.2, 0.25) is 0 Å². The van der Waals surface area contributed by atoms with E-state index in [2.05, 4.69) is 0 Å². The average Bonchev–Trinajstić information content (AvgIpc) is 2.91. The van der Waals surface area contributed by atoms with E-state index in [-0.39, 0.29) is 33.8 Å². The van der Waals surface area contributed by atoms with Crippen LogP contribution in [0.1, 0.15) is 6.92 Å². The van der Waals surface area contributed by atoms with Gasteiger partial charge in [0.25, 0.3) is 0 Å². The topological polar surface area (TPSA) is 229 Å². The van der Waals surface area contributed by atoms with Crippen LogP contribution in [0, 0.1) is 0 Å². The highest BCUT2D eigenvalue weighted by Crippen LogP contribution is 2.38. The van der Waals surface area contributed by atoms with Gasteiger partial charge in [0.05, 0.1) is 12.7 Å². The van der Waals surface area contributed by atoms with E-state index in [4.69, 9.17) is 23.4 Å². The third kappa shape index (κ3) is 5.07. The maximum absolute atomic E-state index is 13.6. The highest BCUT2D eigenvalue weighted by Gasteiger charge is 2.49. The van der Waals surface area contributed by atoms with Crippen LogP contribution >= 0.6 is 0 Å². The number of rotatable bonds is 5. The molecule has 14 heteroatoms. The number of aliphatic hydroxyl groups is 5. The molecule has 1 aromatic heterocycles. The van der Waals surface area contributed by atoms with Crippen molar-refractivity contribution in [2.75, 3.05) is 6.61 Å². The predicted octanol–water partition coefficient (Wildman–Crippen LogP) is -0.754. The maximum Gasteiger partial charge on any atom is 0.239 e. The second-order valence-electron chi connectivity index (χ2n) is 9.63. The highest BCUT2D eigenvalue weighted by molar-refractivity contribution is 5.88. The lowest BCUT2D eigenvalue weighted by Crippen LogP contribution is -2.62. The fraction of sp³-hybridized carbons (Fsp3) is 0.423. The Morgan fingerprint density at radius 2 is 1.55 bits per heavy atom. The first-order valence-electron chi connectivity index (χ1n) is 12.3. The first kappa shape index (κ1) is 28.1. The summed E-state index contributed by atoms with van der Waals surface area (Å²) in [5, 5.41) is 81.1. The molecule has 3 aromatic rings. The molecule has 0 spiro atoms. The molecule has 0 radical (unpaired) electrons. The summed E-state index contributed by atoms with van der Waals surface area (Å²) in [6.45, 7) is 1.01. The SMILES string of the molecule is CC1O[C@@H](Oc2c(-c3ccc(O)cc3)oc3cc(O)cc(O)c3c2=O)[C@@H](O[C@@H]2OC[C@@H](O)C(O)[C@H]2O)C(O)[C@H]1O. The molecule has 2 aromatic carbocycles. The van der Waals surface area contributed by atoms with Crippen molar-refractivity contribution in [3.63, 3.8) is 0 Å². The number of phenols is 3. The lowest BCUT2D eigenvalue weighted by atomic mass is 9.99. The molecule has 40 heavy (non-hydrogen) atoms. The smallest absolute Gasteiger partial charge is 0.239 e. The third-order valence-corrected chi connectivity index (χ3v) is 6.81. The Bertz CT molecular complexity index is 1420. The fourth-order valence-corrected chi connectivity index (χ4v) is 4.59. The molecule has 9 atom stereocenters. The summed E-state index contributed by atoms with van der Waals surface area (Å²) in [7, 11) is 0. The molecule has 0 saturated carbocycles. The van der Waals surface area contributed by atoms with Crippen LogP contribution in [-0.4, -0.2) is 103 Å². The standard InChI is InChI=1S/C26H28O14/c1-9-17(31)20(34)24(40-25-21(35)18(32)14(30)8-36-25)26(37-9)39-23-19(33)16-13(29)6-12(28)7-15(16)38-22(23)10-2-4-11(27)5-3-10/h2-7,9,14,17-18,20-21,24-32,34-35H,8H2,1H3/t9?,14-,17+,18?,20?,21-,24+,25+,26+/m1/s1. The molecule has 0 bridgehead atoms. The number of hydrogen-bond donors (Lipinski definition) is 8. The number of aliphatic hydroxyl groups excluding tert-OH is 5. The summed E-state index contributed by atoms with van der Waals surface area (Å²) in [6, 6.07) is 7.48. The minimum Gasteiger partial charge on any atom is -0.508 e. The molecule has 2 aliphatic heterocycles. The van der Waals surface area contributed by atoms with Gasteiger partial charge in [0.2, 0.25) is 17.5 Å². The second kappa shape index (κ2) is 10.8. The summed E-state index contributed by atoms with van der Waals surface area (Å²) in [4.78, 5) is 13.6. The number of benzene rings is 2. The van der Waals surface area contributed by atoms with Crippen LogP contribution in [0.15, 0.2) is 45.6 Å². The van der Waals surface area contributed by atoms with Crippen molar-refractivity contribution in [3.8, 4) is 34.3 Å². The van der Waals surface area contributed by atoms with Crippen LogP contribution in [-0.2, 0) is 14.2 Å². The third-order valence-electron chi connectivity index (χ3n) is 6.81. The summed E-state index contributed by atoms with van der Waals surface area (Å²) < 4.78 is 28.4. The Balaban J connectivity index is 1.59. The van der Waals surface area contributed by atoms with E-state index in [9.17, 15) is 45.6 Å². The zero-order valence-corrected chi connectivity index (χ0v) is 20.9. The molecule has 0 amide bonds. The van der Waals surface area contributed by atoms with Crippen molar-refractivity contribution >= 4 is 11.0 Å². The first-order valence-corrected chi connectivity index (χ1v) is 12.3. The van der Waals surface area contributed by atoms with Crippen molar-refractivity contribution in [3.05, 3.63) is 46.6 Å². The molecular weight excluding hydrogens is 536 g/mol. The van der Waals surface area contributed by atoms with Gasteiger partial charge in [0.1, 0.15) is 58.7 Å². The molecule has 2 saturated heterocycles. The van der Waals surface area contributed by atoms with Crippen LogP contribution < -0.4 is 10.2 Å². The van der Waals surface area contributed by atoms with E-state index >= 15 is 0 Å². The molecule has 14 nitrogen and oxygen atoms in total. The van der Waals surface area contributed by atoms with Crippen molar-refractivity contribution < 1.29 is 64.2 Å². The van der Waals surface area contributed by atoms with Gasteiger partial charge < -0.3 is 64.2 Å². The zero-order chi connectivity index (χ0) is 28.9. The summed E-state index contributed by atoms with van der Waals surface area (Å²) >= 11 is 0. The fourth-order valence-electron chi connectivity index (χ4n) is 4.59. The Labute approximate surface area is 225 Å². The minimum atomic E-state index is -1.75. The molecule has 3 heterocycles. The predicted molar refractivity (Wildman–Crippen MR) is 133 cm³/mol. The summed E-state index contributed by atoms with van der Waals surface area (Å²) in [5.74, 6) is -1.80. The summed E-state index contributed by atoms with van der Waals surface area (Å²) in [5.41, 5.74) is -0.852. The van der Waals surface area contributed by atoms with E-state index < -0.39 is 78.8 Å². The van der Waals surface area contributed by atoms with Gasteiger partial charge in [-0.25, -0.2) is 0 Å². The summed E-state index contributed by atoms with van der Waals surface area (Å²) in [6.07, 6.45) is -13.9. The number of aromatic hydroxyl groups is 3. The van der Waals surface area contributed by atoms with Gasteiger partial charge >= 0.3 is 0 Å². The molecule has 8 N–H and O–H groups in total. The molecule has 3 unspecified atom stereocenters. The monoisotopic (exact) mass is 564 g/mol. The Morgan fingerprint density at radius 1 is 0.850 bits per heavy atom. The van der Waals surface area contributed by atoms with Gasteiger partial charge in [-0.05, 0) is 31.2 Å². The van der Waals surface area contributed by atoms with Gasteiger partial charge in [0, 0.05) is 17.7 Å². The largest absolute Gasteiger partial charge is 0.508 e. The Hall–Kier alpha value is -3.47. The van der Waals surface area contributed by atoms with E-state index in [1.165, 1.54) is 31.2 Å². The number of ether oxygens (including phenoxy) is 4. The molecule has 5 rings (SSSR count). The van der Waals surface area contributed by atoms with Crippen LogP contribution in [0.4, 0.5) is 0 Å². The molecule has 216 valence electrons. The van der Waals surface area contributed by atoms with Gasteiger partial charge in [-0.3, -0.25) is 4.79 Å². The molecule has 2 aliphatic rings. The molecule has 0 aliphatic carbocycles. The van der Waals surface area contributed by atoms with Gasteiger partial charge in [-0.15, -0.1) is 0 Å². The lowest BCUT2D eigenvalue weighted by molar-refractivity contribution is -0.341. The first-order chi connectivity index (χ1) is 19.0. The minimum absolute atomic E-state index is 0.0852. The van der Waals surface area contributed by atoms with Gasteiger partial charge in [-0.1, -0.05) is 0 Å². The normalized spacial score (nSPS) is 32.7. The highest BCUT2D eigenvalue weighted by atomic mass is 16.8. The quantitative estimate of drug-likeness (QED) is 0.191. The van der Waals surface area contributed by atoms with Crippen molar-refractivity contribution in [1.29, 1.82) is 0 Å². The molecular formula is C26H28O14. The van der Waals surface area contributed by atoms with Crippen molar-refractivity contribution in [1.82, 2.24) is 0 Å². The maximum atomic E-state index is 13.6. The van der Waals surface area contributed by atoms with E-state index in [0.29, 0.717) is 0 Å². The number of fused-ring (bicyclic) bond motifs is 1. The molecule has 2 fully saturated rings. The van der Waals surface area contributed by atoms with E-state index in [1.807, 2.05) is 0 Å². The van der Waals surface area contributed by atoms with Crippen molar-refractivity contribution in [2.24, 2.45) is 0 Å². The number of hydrogen-bond acceptors (Lipinski definition) is 14. The van der Waals surface area contributed by atoms with Gasteiger partial charge in [-0.2, -0.15) is 0 Å². The Kier molecular flexibility index (Phi) is 7.60. The van der Waals surface area contributed by atoms with Crippen LogP contribution in [0.3, 0.4) is 0 Å². The van der Waals surface area contributed by atoms with E-state index in [1.54, 1.807) is 0 Å².